The molecule has 0 spiro atoms. The van der Waals surface area contributed by atoms with Crippen LogP contribution in [-0.2, 0) is 10.0 Å². The maximum Gasteiger partial charge on any atom is 0.238 e. The van der Waals surface area contributed by atoms with Gasteiger partial charge < -0.3 is 0 Å². The van der Waals surface area contributed by atoms with Crippen molar-refractivity contribution >= 4 is 33.4 Å². The smallest absolute Gasteiger partial charge is 0.238 e. The van der Waals surface area contributed by atoms with Gasteiger partial charge in [0, 0.05) is 32.8 Å². The van der Waals surface area contributed by atoms with Gasteiger partial charge in [0.2, 0.25) is 10.0 Å². The maximum absolute atomic E-state index is 11.9. The highest BCUT2D eigenvalue weighted by Crippen LogP contribution is 2.39. The Bertz CT molecular complexity index is 977. The van der Waals surface area contributed by atoms with Gasteiger partial charge in [-0.15, -0.1) is 0 Å². The van der Waals surface area contributed by atoms with Gasteiger partial charge in [-0.25, -0.2) is 13.6 Å². The van der Waals surface area contributed by atoms with Crippen LogP contribution in [0.5, 0.6) is 0 Å². The first-order valence-corrected chi connectivity index (χ1v) is 9.69. The Labute approximate surface area is 149 Å². The van der Waals surface area contributed by atoms with Crippen molar-refractivity contribution in [1.29, 1.82) is 0 Å². The van der Waals surface area contributed by atoms with Crippen LogP contribution in [0.3, 0.4) is 0 Å². The van der Waals surface area contributed by atoms with Crippen molar-refractivity contribution < 1.29 is 8.42 Å². The molecular formula is C17H13ClN2O2S2. The van der Waals surface area contributed by atoms with Crippen LogP contribution < -0.4 is 5.14 Å². The van der Waals surface area contributed by atoms with Crippen molar-refractivity contribution in [3.05, 3.63) is 72.0 Å². The molecule has 2 aromatic carbocycles. The van der Waals surface area contributed by atoms with Gasteiger partial charge in [-0.1, -0.05) is 47.6 Å². The number of halogens is 1. The first-order valence-electron chi connectivity index (χ1n) is 6.95. The Morgan fingerprint density at radius 2 is 1.67 bits per heavy atom. The number of nitrogens with two attached hydrogens (primary N) is 1. The van der Waals surface area contributed by atoms with Crippen molar-refractivity contribution in [1.82, 2.24) is 4.98 Å². The van der Waals surface area contributed by atoms with Crippen molar-refractivity contribution in [2.75, 3.05) is 0 Å². The average Bonchev–Trinajstić information content (AvgIpc) is 2.55. The first kappa shape index (κ1) is 17.0. The minimum Gasteiger partial charge on any atom is -0.265 e. The molecule has 0 saturated heterocycles. The molecule has 3 rings (SSSR count). The third-order valence-corrected chi connectivity index (χ3v) is 5.57. The second kappa shape index (κ2) is 6.94. The summed E-state index contributed by atoms with van der Waals surface area (Å²) in [6.07, 6.45) is 3.40. The second-order valence-corrected chi connectivity index (χ2v) is 8.05. The molecule has 122 valence electrons. The SMILES string of the molecule is NS(=O)(=O)c1ccccc1-c1ccc(Cl)cc1Sc1ccncc1. The van der Waals surface area contributed by atoms with Crippen LogP contribution in [0.25, 0.3) is 11.1 Å². The van der Waals surface area contributed by atoms with E-state index in [0.717, 1.165) is 15.4 Å². The molecule has 0 unspecified atom stereocenters. The molecule has 7 heteroatoms. The fourth-order valence-corrected chi connectivity index (χ4v) is 4.25. The molecule has 0 fully saturated rings. The molecule has 0 amide bonds. The highest BCUT2D eigenvalue weighted by molar-refractivity contribution is 7.99. The molecule has 0 bridgehead atoms. The van der Waals surface area contributed by atoms with Crippen LogP contribution in [-0.4, -0.2) is 13.4 Å². The third-order valence-electron chi connectivity index (χ3n) is 3.30. The monoisotopic (exact) mass is 376 g/mol. The fourth-order valence-electron chi connectivity index (χ4n) is 2.27. The van der Waals surface area contributed by atoms with Gasteiger partial charge in [0.15, 0.2) is 0 Å². The molecule has 4 nitrogen and oxygen atoms in total. The van der Waals surface area contributed by atoms with Crippen LogP contribution in [0, 0.1) is 0 Å². The van der Waals surface area contributed by atoms with E-state index in [1.165, 1.54) is 17.8 Å². The van der Waals surface area contributed by atoms with Crippen LogP contribution in [0.2, 0.25) is 5.02 Å². The van der Waals surface area contributed by atoms with E-state index in [-0.39, 0.29) is 4.90 Å². The second-order valence-electron chi connectivity index (χ2n) is 4.97. The van der Waals surface area contributed by atoms with Gasteiger partial charge in [0.25, 0.3) is 0 Å². The van der Waals surface area contributed by atoms with Crippen molar-refractivity contribution in [2.24, 2.45) is 5.14 Å². The normalized spacial score (nSPS) is 11.4. The lowest BCUT2D eigenvalue weighted by atomic mass is 10.1. The lowest BCUT2D eigenvalue weighted by Gasteiger charge is -2.13. The quantitative estimate of drug-likeness (QED) is 0.740. The average molecular weight is 377 g/mol. The van der Waals surface area contributed by atoms with Crippen LogP contribution in [0.4, 0.5) is 0 Å². The van der Waals surface area contributed by atoms with Gasteiger partial charge in [-0.3, -0.25) is 4.98 Å². The predicted molar refractivity (Wildman–Crippen MR) is 96.6 cm³/mol. The summed E-state index contributed by atoms with van der Waals surface area (Å²) in [6.45, 7) is 0. The summed E-state index contributed by atoms with van der Waals surface area (Å²) < 4.78 is 23.8. The minimum absolute atomic E-state index is 0.0869. The number of pyridine rings is 1. The molecule has 24 heavy (non-hydrogen) atoms. The zero-order valence-electron chi connectivity index (χ0n) is 12.4. The van der Waals surface area contributed by atoms with Crippen LogP contribution in [0.1, 0.15) is 0 Å². The molecule has 2 N–H and O–H groups in total. The highest BCUT2D eigenvalue weighted by atomic mass is 35.5. The number of sulfonamides is 1. The maximum atomic E-state index is 11.9. The molecular weight excluding hydrogens is 364 g/mol. The lowest BCUT2D eigenvalue weighted by molar-refractivity contribution is 0.598. The minimum atomic E-state index is -3.83. The zero-order chi connectivity index (χ0) is 17.2. The summed E-state index contributed by atoms with van der Waals surface area (Å²) >= 11 is 7.61. The number of benzene rings is 2. The molecule has 0 aliphatic heterocycles. The van der Waals surface area contributed by atoms with Gasteiger partial charge in [-0.05, 0) is 35.9 Å². The van der Waals surface area contributed by atoms with E-state index in [1.54, 1.807) is 42.7 Å². The van der Waals surface area contributed by atoms with E-state index in [1.807, 2.05) is 18.2 Å². The molecule has 1 heterocycles. The lowest BCUT2D eigenvalue weighted by Crippen LogP contribution is -2.13. The zero-order valence-corrected chi connectivity index (χ0v) is 14.8. The van der Waals surface area contributed by atoms with Crippen LogP contribution in [0.15, 0.2) is 81.7 Å². The van der Waals surface area contributed by atoms with E-state index < -0.39 is 10.0 Å². The molecule has 0 aliphatic rings. The molecule has 0 atom stereocenters. The Morgan fingerprint density at radius 3 is 2.38 bits per heavy atom. The number of aromatic nitrogens is 1. The third kappa shape index (κ3) is 3.79. The number of hydrogen-bond acceptors (Lipinski definition) is 4. The molecule has 1 aromatic heterocycles. The van der Waals surface area contributed by atoms with Crippen molar-refractivity contribution in [3.8, 4) is 11.1 Å². The van der Waals surface area contributed by atoms with Gasteiger partial charge >= 0.3 is 0 Å². The molecule has 0 aliphatic carbocycles. The number of primary sulfonamides is 1. The molecule has 0 saturated carbocycles. The Hall–Kier alpha value is -1.86. The standard InChI is InChI=1S/C17H13ClN2O2S2/c18-12-5-6-14(15-3-1-2-4-17(15)24(19,21)22)16(11-12)23-13-7-9-20-10-8-13/h1-11H,(H2,19,21,22). The first-order chi connectivity index (χ1) is 11.4. The largest absolute Gasteiger partial charge is 0.265 e. The number of nitrogens with zero attached hydrogens (tertiary/aromatic N) is 1. The predicted octanol–water partition coefficient (Wildman–Crippen LogP) is 4.20. The summed E-state index contributed by atoms with van der Waals surface area (Å²) in [4.78, 5) is 5.89. The van der Waals surface area contributed by atoms with E-state index in [9.17, 15) is 8.42 Å². The molecule has 3 aromatic rings. The van der Waals surface area contributed by atoms with E-state index in [2.05, 4.69) is 4.98 Å². The Kier molecular flexibility index (Phi) is 4.91. The van der Waals surface area contributed by atoms with Crippen molar-refractivity contribution in [3.63, 3.8) is 0 Å². The summed E-state index contributed by atoms with van der Waals surface area (Å²) in [5, 5.41) is 5.93. The Balaban J connectivity index is 2.16. The molecule has 0 radical (unpaired) electrons. The van der Waals surface area contributed by atoms with Crippen molar-refractivity contribution in [2.45, 2.75) is 14.7 Å². The fraction of sp³-hybridized carbons (Fsp3) is 0. The Morgan fingerprint density at radius 1 is 0.958 bits per heavy atom. The van der Waals surface area contributed by atoms with Gasteiger partial charge in [0.05, 0.1) is 4.90 Å². The topological polar surface area (TPSA) is 73.1 Å². The summed E-state index contributed by atoms with van der Waals surface area (Å²) in [6, 6.07) is 15.8. The van der Waals surface area contributed by atoms with E-state index in [4.69, 9.17) is 16.7 Å². The van der Waals surface area contributed by atoms with E-state index >= 15 is 0 Å². The highest BCUT2D eigenvalue weighted by Gasteiger charge is 2.17. The van der Waals surface area contributed by atoms with Crippen LogP contribution >= 0.6 is 23.4 Å². The van der Waals surface area contributed by atoms with Gasteiger partial charge in [-0.2, -0.15) is 0 Å². The van der Waals surface area contributed by atoms with E-state index in [0.29, 0.717) is 10.6 Å². The summed E-state index contributed by atoms with van der Waals surface area (Å²) in [5.41, 5.74) is 1.30. The number of hydrogen-bond donors (Lipinski definition) is 1. The number of rotatable bonds is 4. The summed E-state index contributed by atoms with van der Waals surface area (Å²) in [7, 11) is -3.83. The summed E-state index contributed by atoms with van der Waals surface area (Å²) in [5.74, 6) is 0. The van der Waals surface area contributed by atoms with Gasteiger partial charge in [0.1, 0.15) is 0 Å².